The molecule has 0 aliphatic heterocycles. The molecule has 0 aromatic heterocycles. The van der Waals surface area contributed by atoms with E-state index in [1.54, 1.807) is 0 Å². The van der Waals surface area contributed by atoms with E-state index >= 15 is 0 Å². The van der Waals surface area contributed by atoms with Gasteiger partial charge >= 0.3 is 0 Å². The molecule has 12 heavy (non-hydrogen) atoms. The van der Waals surface area contributed by atoms with E-state index in [9.17, 15) is 16.8 Å². The highest BCUT2D eigenvalue weighted by molar-refractivity contribution is 7.77. The molecular formula is C6H12O4S2. The summed E-state index contributed by atoms with van der Waals surface area (Å²) in [5, 5.41) is -1.26. The molecule has 0 aromatic carbocycles. The molecule has 0 bridgehead atoms. The molecule has 0 spiro atoms. The molecule has 0 amide bonds. The molecule has 0 radical (unpaired) electrons. The Hall–Kier alpha value is -0.100. The fourth-order valence-corrected chi connectivity index (χ4v) is 3.88. The highest BCUT2D eigenvalue weighted by Gasteiger charge is 2.29. The summed E-state index contributed by atoms with van der Waals surface area (Å²) in [6.45, 7) is 0. The highest BCUT2D eigenvalue weighted by atomic mass is 32.2. The predicted octanol–water partition coefficient (Wildman–Crippen LogP) is -0.480. The van der Waals surface area contributed by atoms with Gasteiger partial charge in [0.15, 0.2) is 0 Å². The van der Waals surface area contributed by atoms with Crippen molar-refractivity contribution in [3.63, 3.8) is 0 Å². The van der Waals surface area contributed by atoms with Crippen LogP contribution >= 0.6 is 0 Å². The third-order valence-corrected chi connectivity index (χ3v) is 4.79. The number of thiol groups is 2. The molecule has 6 heteroatoms. The minimum atomic E-state index is -2.57. The molecule has 2 unspecified atom stereocenters. The minimum Gasteiger partial charge on any atom is -0.232 e. The van der Waals surface area contributed by atoms with Gasteiger partial charge in [0, 0.05) is 0 Å². The first-order valence-corrected chi connectivity index (χ1v) is 6.39. The van der Waals surface area contributed by atoms with Crippen LogP contribution in [-0.2, 0) is 21.4 Å². The molecule has 2 atom stereocenters. The Bertz CT molecular complexity index is 246. The zero-order chi connectivity index (χ0) is 9.14. The summed E-state index contributed by atoms with van der Waals surface area (Å²) in [6.07, 6.45) is 2.67. The summed E-state index contributed by atoms with van der Waals surface area (Å²) >= 11 is 0. The maximum absolute atomic E-state index is 10.6. The zero-order valence-corrected chi connectivity index (χ0v) is 8.30. The second-order valence-electron chi connectivity index (χ2n) is 2.99. The van der Waals surface area contributed by atoms with Crippen molar-refractivity contribution in [3.05, 3.63) is 0 Å². The monoisotopic (exact) mass is 212 g/mol. The minimum absolute atomic E-state index is 0.507. The molecular weight excluding hydrogens is 200 g/mol. The standard InChI is InChI=1S/C6H12O4S2/c7-11(8)5-3-1-2-4-6(5)12(9)10/h5-6,11-12H,1-4H2. The van der Waals surface area contributed by atoms with Crippen molar-refractivity contribution in [2.75, 3.05) is 0 Å². The Morgan fingerprint density at radius 3 is 1.33 bits per heavy atom. The summed E-state index contributed by atoms with van der Waals surface area (Å²) in [6, 6.07) is 0. The maximum Gasteiger partial charge on any atom is 0.144 e. The van der Waals surface area contributed by atoms with Crippen molar-refractivity contribution >= 4 is 21.4 Å². The predicted molar refractivity (Wildman–Crippen MR) is 46.7 cm³/mol. The van der Waals surface area contributed by atoms with E-state index in [0.29, 0.717) is 12.8 Å². The van der Waals surface area contributed by atoms with Crippen LogP contribution in [0.15, 0.2) is 0 Å². The summed E-state index contributed by atoms with van der Waals surface area (Å²) in [7, 11) is -5.15. The molecule has 1 aliphatic carbocycles. The van der Waals surface area contributed by atoms with Crippen LogP contribution in [0, 0.1) is 0 Å². The van der Waals surface area contributed by atoms with Crippen LogP contribution in [0.25, 0.3) is 0 Å². The lowest BCUT2D eigenvalue weighted by molar-refractivity contribution is 0.484. The molecule has 1 fully saturated rings. The Kier molecular flexibility index (Phi) is 3.52. The molecule has 1 saturated carbocycles. The van der Waals surface area contributed by atoms with Gasteiger partial charge in [-0.15, -0.1) is 0 Å². The largest absolute Gasteiger partial charge is 0.232 e. The van der Waals surface area contributed by atoms with Gasteiger partial charge in [-0.05, 0) is 12.8 Å². The van der Waals surface area contributed by atoms with Gasteiger partial charge in [0.2, 0.25) is 0 Å². The Morgan fingerprint density at radius 2 is 1.08 bits per heavy atom. The van der Waals surface area contributed by atoms with Crippen molar-refractivity contribution in [1.82, 2.24) is 0 Å². The lowest BCUT2D eigenvalue weighted by atomic mass is 10.00. The lowest BCUT2D eigenvalue weighted by Gasteiger charge is -2.22. The molecule has 0 aromatic rings. The van der Waals surface area contributed by atoms with Gasteiger partial charge in [-0.1, -0.05) is 12.8 Å². The van der Waals surface area contributed by atoms with Crippen molar-refractivity contribution in [2.24, 2.45) is 0 Å². The van der Waals surface area contributed by atoms with Gasteiger partial charge in [-0.25, -0.2) is 16.8 Å². The lowest BCUT2D eigenvalue weighted by Crippen LogP contribution is -2.32. The van der Waals surface area contributed by atoms with Crippen LogP contribution in [0.4, 0.5) is 0 Å². The molecule has 1 rings (SSSR count). The average molecular weight is 212 g/mol. The van der Waals surface area contributed by atoms with Crippen LogP contribution in [-0.4, -0.2) is 27.3 Å². The normalized spacial score (nSPS) is 31.2. The molecule has 0 heterocycles. The Labute approximate surface area is 74.9 Å². The topological polar surface area (TPSA) is 68.3 Å². The van der Waals surface area contributed by atoms with E-state index in [2.05, 4.69) is 0 Å². The zero-order valence-electron chi connectivity index (χ0n) is 6.51. The van der Waals surface area contributed by atoms with Crippen LogP contribution in [0.5, 0.6) is 0 Å². The van der Waals surface area contributed by atoms with E-state index < -0.39 is 31.9 Å². The molecule has 1 aliphatic rings. The Morgan fingerprint density at radius 1 is 0.750 bits per heavy atom. The summed E-state index contributed by atoms with van der Waals surface area (Å²) in [5.41, 5.74) is 0. The second-order valence-corrected chi connectivity index (χ2v) is 5.46. The van der Waals surface area contributed by atoms with Crippen molar-refractivity contribution in [1.29, 1.82) is 0 Å². The average Bonchev–Trinajstić information content (AvgIpc) is 2.04. The van der Waals surface area contributed by atoms with Gasteiger partial charge in [0.25, 0.3) is 0 Å². The Balaban J connectivity index is 2.80. The van der Waals surface area contributed by atoms with E-state index in [1.807, 2.05) is 0 Å². The van der Waals surface area contributed by atoms with Crippen molar-refractivity contribution in [3.8, 4) is 0 Å². The van der Waals surface area contributed by atoms with E-state index in [4.69, 9.17) is 0 Å². The van der Waals surface area contributed by atoms with Crippen LogP contribution in [0.3, 0.4) is 0 Å². The van der Waals surface area contributed by atoms with Gasteiger partial charge in [-0.2, -0.15) is 0 Å². The van der Waals surface area contributed by atoms with Gasteiger partial charge in [0.05, 0.1) is 10.5 Å². The molecule has 0 saturated heterocycles. The first-order chi connectivity index (χ1) is 5.63. The summed E-state index contributed by atoms with van der Waals surface area (Å²) in [5.74, 6) is 0. The van der Waals surface area contributed by atoms with Crippen LogP contribution in [0.1, 0.15) is 25.7 Å². The number of rotatable bonds is 2. The fraction of sp³-hybridized carbons (Fsp3) is 1.00. The number of hydrogen-bond donors (Lipinski definition) is 2. The van der Waals surface area contributed by atoms with Crippen LogP contribution in [0.2, 0.25) is 0 Å². The highest BCUT2D eigenvalue weighted by Crippen LogP contribution is 2.22. The number of hydrogen-bond acceptors (Lipinski definition) is 4. The third-order valence-electron chi connectivity index (χ3n) is 2.24. The van der Waals surface area contributed by atoms with E-state index in [1.165, 1.54) is 0 Å². The quantitative estimate of drug-likeness (QED) is 0.607. The first kappa shape index (κ1) is 9.98. The summed E-state index contributed by atoms with van der Waals surface area (Å²) < 4.78 is 42.6. The molecule has 72 valence electrons. The van der Waals surface area contributed by atoms with Crippen molar-refractivity contribution in [2.45, 2.75) is 36.2 Å². The van der Waals surface area contributed by atoms with Crippen molar-refractivity contribution < 1.29 is 16.8 Å². The van der Waals surface area contributed by atoms with Gasteiger partial charge in [0.1, 0.15) is 21.4 Å². The smallest absolute Gasteiger partial charge is 0.144 e. The second kappa shape index (κ2) is 4.23. The third kappa shape index (κ3) is 2.20. The molecule has 0 N–H and O–H groups in total. The van der Waals surface area contributed by atoms with Crippen LogP contribution < -0.4 is 0 Å². The van der Waals surface area contributed by atoms with Gasteiger partial charge in [-0.3, -0.25) is 0 Å². The van der Waals surface area contributed by atoms with Gasteiger partial charge < -0.3 is 0 Å². The summed E-state index contributed by atoms with van der Waals surface area (Å²) in [4.78, 5) is 0. The molecule has 4 nitrogen and oxygen atoms in total. The maximum atomic E-state index is 10.6. The fourth-order valence-electron chi connectivity index (χ4n) is 1.58. The first-order valence-electron chi connectivity index (χ1n) is 3.90. The van der Waals surface area contributed by atoms with E-state index in [0.717, 1.165) is 12.8 Å². The van der Waals surface area contributed by atoms with E-state index in [-0.39, 0.29) is 0 Å². The SMILES string of the molecule is O=[SH](=O)C1CCCCC1[SH](=O)=O.